The summed E-state index contributed by atoms with van der Waals surface area (Å²) in [6.45, 7) is 0. The maximum atomic E-state index is 13.0. The number of aromatic nitrogens is 2. The molecule has 0 spiro atoms. The van der Waals surface area contributed by atoms with E-state index in [1.54, 1.807) is 36.4 Å². The Bertz CT molecular complexity index is 1180. The summed E-state index contributed by atoms with van der Waals surface area (Å²) in [6.07, 6.45) is 0. The lowest BCUT2D eigenvalue weighted by molar-refractivity contribution is 0.826. The molecular weight excluding hydrogens is 391 g/mol. The highest BCUT2D eigenvalue weighted by Gasteiger charge is 2.14. The fourth-order valence-electron chi connectivity index (χ4n) is 2.80. The quantitative estimate of drug-likeness (QED) is 0.412. The minimum atomic E-state index is -0.225. The van der Waals surface area contributed by atoms with Crippen molar-refractivity contribution in [2.45, 2.75) is 0 Å². The molecule has 0 aliphatic rings. The Labute approximate surface area is 164 Å². The van der Waals surface area contributed by atoms with Crippen LogP contribution in [0.5, 0.6) is 0 Å². The van der Waals surface area contributed by atoms with E-state index in [0.29, 0.717) is 31.8 Å². The number of hydrogen-bond donors (Lipinski definition) is 0. The summed E-state index contributed by atoms with van der Waals surface area (Å²) in [5.74, 6) is 0. The van der Waals surface area contributed by atoms with E-state index in [1.165, 1.54) is 4.68 Å². The van der Waals surface area contributed by atoms with Gasteiger partial charge in [-0.1, -0.05) is 65.1 Å². The van der Waals surface area contributed by atoms with Gasteiger partial charge in [0.05, 0.1) is 26.8 Å². The van der Waals surface area contributed by atoms with Crippen molar-refractivity contribution >= 4 is 45.6 Å². The summed E-state index contributed by atoms with van der Waals surface area (Å²) in [5, 5.41) is 7.36. The smallest absolute Gasteiger partial charge is 0.267 e. The van der Waals surface area contributed by atoms with E-state index in [1.807, 2.05) is 30.3 Å². The molecule has 1 heterocycles. The summed E-state index contributed by atoms with van der Waals surface area (Å²) >= 11 is 18.1. The van der Waals surface area contributed by atoms with Crippen LogP contribution in [0, 0.1) is 0 Å². The molecule has 0 aliphatic heterocycles. The summed E-state index contributed by atoms with van der Waals surface area (Å²) in [4.78, 5) is 13.0. The van der Waals surface area contributed by atoms with Crippen molar-refractivity contribution in [3.8, 4) is 16.9 Å². The Kier molecular flexibility index (Phi) is 4.45. The Balaban J connectivity index is 2.05. The van der Waals surface area contributed by atoms with Gasteiger partial charge in [0, 0.05) is 16.0 Å². The van der Waals surface area contributed by atoms with Crippen LogP contribution in [0.15, 0.2) is 71.5 Å². The number of nitrogens with zero attached hydrogens (tertiary/aromatic N) is 2. The van der Waals surface area contributed by atoms with Crippen LogP contribution in [0.25, 0.3) is 27.7 Å². The average molecular weight is 402 g/mol. The van der Waals surface area contributed by atoms with Crippen LogP contribution in [-0.2, 0) is 0 Å². The predicted molar refractivity (Wildman–Crippen MR) is 108 cm³/mol. The van der Waals surface area contributed by atoms with Crippen LogP contribution in [0.1, 0.15) is 0 Å². The second kappa shape index (κ2) is 6.76. The van der Waals surface area contributed by atoms with Crippen LogP contribution in [-0.4, -0.2) is 9.78 Å². The molecule has 0 saturated carbocycles. The minimum Gasteiger partial charge on any atom is -0.267 e. The molecule has 6 heteroatoms. The van der Waals surface area contributed by atoms with E-state index in [2.05, 4.69) is 5.10 Å². The van der Waals surface area contributed by atoms with Gasteiger partial charge < -0.3 is 0 Å². The number of rotatable bonds is 2. The molecule has 3 aromatic carbocycles. The van der Waals surface area contributed by atoms with Crippen LogP contribution in [0.2, 0.25) is 15.1 Å². The van der Waals surface area contributed by atoms with Gasteiger partial charge >= 0.3 is 0 Å². The summed E-state index contributed by atoms with van der Waals surface area (Å²) in [6, 6.07) is 19.7. The van der Waals surface area contributed by atoms with Crippen molar-refractivity contribution in [3.05, 3.63) is 92.2 Å². The van der Waals surface area contributed by atoms with Crippen molar-refractivity contribution in [1.29, 1.82) is 0 Å². The molecule has 0 atom stereocenters. The molecule has 0 N–H and O–H groups in total. The van der Waals surface area contributed by atoms with Crippen molar-refractivity contribution < 1.29 is 0 Å². The van der Waals surface area contributed by atoms with Crippen LogP contribution in [0.4, 0.5) is 0 Å². The first kappa shape index (κ1) is 17.1. The van der Waals surface area contributed by atoms with Gasteiger partial charge in [-0.15, -0.1) is 0 Å². The normalized spacial score (nSPS) is 11.0. The van der Waals surface area contributed by atoms with Crippen molar-refractivity contribution in [2.24, 2.45) is 0 Å². The third-order valence-electron chi connectivity index (χ3n) is 4.07. The third-order valence-corrected chi connectivity index (χ3v) is 5.06. The van der Waals surface area contributed by atoms with Gasteiger partial charge in [-0.3, -0.25) is 4.79 Å². The lowest BCUT2D eigenvalue weighted by atomic mass is 10.1. The zero-order valence-electron chi connectivity index (χ0n) is 13.3. The number of hydrogen-bond acceptors (Lipinski definition) is 2. The van der Waals surface area contributed by atoms with E-state index < -0.39 is 0 Å². The van der Waals surface area contributed by atoms with Gasteiger partial charge in [-0.25, -0.2) is 0 Å². The highest BCUT2D eigenvalue weighted by molar-refractivity contribution is 6.42. The fourth-order valence-corrected chi connectivity index (χ4v) is 3.22. The molecular formula is C20H11Cl3N2O. The Morgan fingerprint density at radius 2 is 1.46 bits per heavy atom. The zero-order valence-corrected chi connectivity index (χ0v) is 15.6. The first-order valence-electron chi connectivity index (χ1n) is 7.78. The molecule has 0 saturated heterocycles. The second-order valence-electron chi connectivity index (χ2n) is 5.72. The first-order chi connectivity index (χ1) is 12.5. The highest BCUT2D eigenvalue weighted by atomic mass is 35.5. The molecule has 128 valence electrons. The van der Waals surface area contributed by atoms with Gasteiger partial charge in [0.15, 0.2) is 0 Å². The van der Waals surface area contributed by atoms with Crippen LogP contribution < -0.4 is 5.56 Å². The molecule has 0 aliphatic carbocycles. The summed E-state index contributed by atoms with van der Waals surface area (Å²) < 4.78 is 1.34. The maximum Gasteiger partial charge on any atom is 0.279 e. The largest absolute Gasteiger partial charge is 0.279 e. The third kappa shape index (κ3) is 2.99. The molecule has 4 rings (SSSR count). The summed E-state index contributed by atoms with van der Waals surface area (Å²) in [7, 11) is 0. The Hall–Kier alpha value is -2.33. The zero-order chi connectivity index (χ0) is 18.3. The van der Waals surface area contributed by atoms with E-state index >= 15 is 0 Å². The molecule has 4 aromatic rings. The van der Waals surface area contributed by atoms with Crippen molar-refractivity contribution in [3.63, 3.8) is 0 Å². The molecule has 1 aromatic heterocycles. The summed E-state index contributed by atoms with van der Waals surface area (Å²) in [5.41, 5.74) is 1.87. The molecule has 26 heavy (non-hydrogen) atoms. The minimum absolute atomic E-state index is 0.225. The molecule has 0 bridgehead atoms. The number of fused-ring (bicyclic) bond motifs is 1. The van der Waals surface area contributed by atoms with Gasteiger partial charge in [-0.05, 0) is 36.4 Å². The van der Waals surface area contributed by atoms with E-state index in [-0.39, 0.29) is 5.56 Å². The van der Waals surface area contributed by atoms with E-state index in [4.69, 9.17) is 34.8 Å². The Morgan fingerprint density at radius 3 is 2.15 bits per heavy atom. The van der Waals surface area contributed by atoms with Crippen LogP contribution >= 0.6 is 34.8 Å². The number of benzene rings is 3. The predicted octanol–water partition coefficient (Wildman–Crippen LogP) is 6.01. The van der Waals surface area contributed by atoms with E-state index in [9.17, 15) is 4.79 Å². The molecule has 3 nitrogen and oxygen atoms in total. The first-order valence-corrected chi connectivity index (χ1v) is 8.91. The number of halogens is 3. The SMILES string of the molecule is O=c1c2ccccc2c(-c2ccc(Cl)cc2)nn1-c1ccc(Cl)c(Cl)c1. The standard InChI is InChI=1S/C20H11Cl3N2O/c21-13-7-5-12(6-8-13)19-15-3-1-2-4-16(15)20(26)25(24-19)14-9-10-17(22)18(23)11-14/h1-11H. The van der Waals surface area contributed by atoms with Gasteiger partial charge in [0.2, 0.25) is 0 Å². The Morgan fingerprint density at radius 1 is 0.769 bits per heavy atom. The lowest BCUT2D eigenvalue weighted by Crippen LogP contribution is -2.22. The molecule has 0 radical (unpaired) electrons. The van der Waals surface area contributed by atoms with Gasteiger partial charge in [0.1, 0.15) is 0 Å². The van der Waals surface area contributed by atoms with Crippen molar-refractivity contribution in [2.75, 3.05) is 0 Å². The van der Waals surface area contributed by atoms with E-state index in [0.717, 1.165) is 10.9 Å². The molecule has 0 amide bonds. The molecule has 0 unspecified atom stereocenters. The lowest BCUT2D eigenvalue weighted by Gasteiger charge is -2.12. The average Bonchev–Trinajstić information content (AvgIpc) is 2.66. The maximum absolute atomic E-state index is 13.0. The van der Waals surface area contributed by atoms with Gasteiger partial charge in [0.25, 0.3) is 5.56 Å². The van der Waals surface area contributed by atoms with Crippen LogP contribution in [0.3, 0.4) is 0 Å². The highest BCUT2D eigenvalue weighted by Crippen LogP contribution is 2.28. The second-order valence-corrected chi connectivity index (χ2v) is 6.97. The monoisotopic (exact) mass is 400 g/mol. The topological polar surface area (TPSA) is 34.9 Å². The fraction of sp³-hybridized carbons (Fsp3) is 0. The molecule has 0 fully saturated rings. The van der Waals surface area contributed by atoms with Gasteiger partial charge in [-0.2, -0.15) is 9.78 Å². The van der Waals surface area contributed by atoms with Crippen molar-refractivity contribution in [1.82, 2.24) is 9.78 Å².